The molecule has 2 heterocycles. The SMILES string of the molecule is C[C@@H]1C(=O)Nc2ccc(C(=O)CSc3nnc(C4CC4)n3C3CC3)cc21. The van der Waals surface area contributed by atoms with Crippen molar-refractivity contribution in [3.05, 3.63) is 35.2 Å². The molecule has 7 heteroatoms. The highest BCUT2D eigenvalue weighted by molar-refractivity contribution is 7.99. The first-order chi connectivity index (χ1) is 12.6. The van der Waals surface area contributed by atoms with Crippen molar-refractivity contribution in [3.8, 4) is 0 Å². The van der Waals surface area contributed by atoms with Gasteiger partial charge in [-0.25, -0.2) is 0 Å². The number of carbonyl (C=O) groups is 2. The number of Topliss-reactive ketones (excluding diaryl/α,β-unsaturated/α-hetero) is 1. The number of anilines is 1. The van der Waals surface area contributed by atoms with Gasteiger partial charge in [0, 0.05) is 23.2 Å². The zero-order chi connectivity index (χ0) is 17.8. The highest BCUT2D eigenvalue weighted by Crippen LogP contribution is 2.46. The Labute approximate surface area is 155 Å². The predicted octanol–water partition coefficient (Wildman–Crippen LogP) is 3.52. The van der Waals surface area contributed by atoms with E-state index in [0.717, 1.165) is 22.2 Å². The van der Waals surface area contributed by atoms with Gasteiger partial charge in [0.2, 0.25) is 5.91 Å². The summed E-state index contributed by atoms with van der Waals surface area (Å²) in [6.45, 7) is 1.86. The summed E-state index contributed by atoms with van der Waals surface area (Å²) in [5.41, 5.74) is 2.37. The largest absolute Gasteiger partial charge is 0.325 e. The lowest BCUT2D eigenvalue weighted by molar-refractivity contribution is -0.116. The summed E-state index contributed by atoms with van der Waals surface area (Å²) in [7, 11) is 0. The van der Waals surface area contributed by atoms with Gasteiger partial charge in [-0.3, -0.25) is 9.59 Å². The van der Waals surface area contributed by atoms with Crippen LogP contribution in [0.3, 0.4) is 0 Å². The van der Waals surface area contributed by atoms with E-state index in [1.165, 1.54) is 37.4 Å². The summed E-state index contributed by atoms with van der Waals surface area (Å²) in [5.74, 6) is 1.86. The van der Waals surface area contributed by atoms with Gasteiger partial charge >= 0.3 is 0 Å². The highest BCUT2D eigenvalue weighted by atomic mass is 32.2. The minimum absolute atomic E-state index is 0.0101. The smallest absolute Gasteiger partial charge is 0.231 e. The van der Waals surface area contributed by atoms with E-state index in [1.54, 1.807) is 6.07 Å². The molecule has 1 N–H and O–H groups in total. The lowest BCUT2D eigenvalue weighted by Crippen LogP contribution is -2.08. The molecular weight excluding hydrogens is 348 g/mol. The average molecular weight is 368 g/mol. The van der Waals surface area contributed by atoms with Gasteiger partial charge < -0.3 is 9.88 Å². The van der Waals surface area contributed by atoms with Gasteiger partial charge in [0.1, 0.15) is 5.82 Å². The van der Waals surface area contributed by atoms with E-state index in [4.69, 9.17) is 0 Å². The molecule has 3 aliphatic rings. The van der Waals surface area contributed by atoms with Crippen molar-refractivity contribution in [2.24, 2.45) is 0 Å². The van der Waals surface area contributed by atoms with Gasteiger partial charge in [0.05, 0.1) is 11.7 Å². The van der Waals surface area contributed by atoms with Crippen molar-refractivity contribution in [3.63, 3.8) is 0 Å². The summed E-state index contributed by atoms with van der Waals surface area (Å²) >= 11 is 1.48. The van der Waals surface area contributed by atoms with Crippen LogP contribution in [0.5, 0.6) is 0 Å². The van der Waals surface area contributed by atoms with E-state index in [-0.39, 0.29) is 17.6 Å². The molecule has 2 aliphatic carbocycles. The second-order valence-corrected chi connectivity index (χ2v) is 8.38. The van der Waals surface area contributed by atoms with Gasteiger partial charge in [-0.05, 0) is 56.4 Å². The van der Waals surface area contributed by atoms with Crippen molar-refractivity contribution >= 4 is 29.1 Å². The first-order valence-electron chi connectivity index (χ1n) is 9.17. The Bertz CT molecular complexity index is 914. The van der Waals surface area contributed by atoms with Crippen LogP contribution in [-0.2, 0) is 4.79 Å². The van der Waals surface area contributed by atoms with Gasteiger partial charge in [0.25, 0.3) is 0 Å². The fourth-order valence-electron chi connectivity index (χ4n) is 3.49. The number of hydrogen-bond acceptors (Lipinski definition) is 5. The second-order valence-electron chi connectivity index (χ2n) is 7.44. The van der Waals surface area contributed by atoms with Crippen molar-refractivity contribution in [1.29, 1.82) is 0 Å². The maximum atomic E-state index is 12.7. The monoisotopic (exact) mass is 368 g/mol. The van der Waals surface area contributed by atoms with Gasteiger partial charge in [-0.1, -0.05) is 11.8 Å². The Balaban J connectivity index is 1.32. The first kappa shape index (κ1) is 16.1. The number of hydrogen-bond donors (Lipinski definition) is 1. The molecule has 2 aromatic rings. The Morgan fingerprint density at radius 3 is 2.81 bits per heavy atom. The zero-order valence-electron chi connectivity index (χ0n) is 14.6. The number of amides is 1. The third kappa shape index (κ3) is 2.74. The highest BCUT2D eigenvalue weighted by Gasteiger charge is 2.36. The van der Waals surface area contributed by atoms with E-state index in [0.29, 0.717) is 23.3 Å². The van der Waals surface area contributed by atoms with Crippen molar-refractivity contribution in [2.75, 3.05) is 11.1 Å². The lowest BCUT2D eigenvalue weighted by atomic mass is 9.99. The molecule has 1 aromatic heterocycles. The molecule has 134 valence electrons. The number of ketones is 1. The Morgan fingerprint density at radius 1 is 1.27 bits per heavy atom. The van der Waals surface area contributed by atoms with Crippen molar-refractivity contribution in [1.82, 2.24) is 14.8 Å². The van der Waals surface area contributed by atoms with Crippen LogP contribution in [0, 0.1) is 0 Å². The summed E-state index contributed by atoms with van der Waals surface area (Å²) in [5, 5.41) is 12.5. The number of fused-ring (bicyclic) bond motifs is 1. The number of benzene rings is 1. The Morgan fingerprint density at radius 2 is 2.08 bits per heavy atom. The second kappa shape index (κ2) is 5.94. The average Bonchev–Trinajstić information content (AvgIpc) is 3.57. The van der Waals surface area contributed by atoms with Crippen LogP contribution in [0.2, 0.25) is 0 Å². The summed E-state index contributed by atoms with van der Waals surface area (Å²) in [6, 6.07) is 5.99. The number of aromatic nitrogens is 3. The molecular formula is C19H20N4O2S. The van der Waals surface area contributed by atoms with E-state index >= 15 is 0 Å². The maximum absolute atomic E-state index is 12.7. The van der Waals surface area contributed by atoms with Crippen LogP contribution >= 0.6 is 11.8 Å². The predicted molar refractivity (Wildman–Crippen MR) is 98.8 cm³/mol. The van der Waals surface area contributed by atoms with E-state index in [9.17, 15) is 9.59 Å². The van der Waals surface area contributed by atoms with E-state index < -0.39 is 0 Å². The fraction of sp³-hybridized carbons (Fsp3) is 0.474. The number of carbonyl (C=O) groups excluding carboxylic acids is 2. The fourth-order valence-corrected chi connectivity index (χ4v) is 4.39. The van der Waals surface area contributed by atoms with Crippen LogP contribution in [0.4, 0.5) is 5.69 Å². The molecule has 0 bridgehead atoms. The number of nitrogens with zero attached hydrogens (tertiary/aromatic N) is 3. The Hall–Kier alpha value is -2.15. The van der Waals surface area contributed by atoms with Crippen LogP contribution in [0.15, 0.2) is 23.4 Å². The molecule has 5 rings (SSSR count). The molecule has 26 heavy (non-hydrogen) atoms. The minimum Gasteiger partial charge on any atom is -0.325 e. The minimum atomic E-state index is -0.204. The molecule has 1 atom stereocenters. The molecule has 0 spiro atoms. The van der Waals surface area contributed by atoms with Crippen molar-refractivity contribution in [2.45, 2.75) is 55.6 Å². The lowest BCUT2D eigenvalue weighted by Gasteiger charge is -2.08. The van der Waals surface area contributed by atoms with Gasteiger partial charge in [0.15, 0.2) is 10.9 Å². The number of nitrogens with one attached hydrogen (secondary N) is 1. The summed E-state index contributed by atoms with van der Waals surface area (Å²) in [6.07, 6.45) is 4.77. The topological polar surface area (TPSA) is 76.9 Å². The quantitative estimate of drug-likeness (QED) is 0.623. The first-order valence-corrected chi connectivity index (χ1v) is 10.2. The maximum Gasteiger partial charge on any atom is 0.231 e. The third-order valence-corrected chi connectivity index (χ3v) is 6.31. The van der Waals surface area contributed by atoms with Gasteiger partial charge in [-0.2, -0.15) is 0 Å². The van der Waals surface area contributed by atoms with E-state index in [1.807, 2.05) is 19.1 Å². The van der Waals surface area contributed by atoms with Crippen LogP contribution in [0.1, 0.15) is 72.2 Å². The van der Waals surface area contributed by atoms with Gasteiger partial charge in [-0.15, -0.1) is 10.2 Å². The molecule has 0 unspecified atom stereocenters. The molecule has 2 saturated carbocycles. The van der Waals surface area contributed by atoms with Crippen LogP contribution in [-0.4, -0.2) is 32.2 Å². The summed E-state index contributed by atoms with van der Waals surface area (Å²) < 4.78 is 2.27. The Kier molecular flexibility index (Phi) is 3.67. The molecule has 0 radical (unpaired) electrons. The number of thioether (sulfide) groups is 1. The molecule has 1 aliphatic heterocycles. The molecule has 0 saturated heterocycles. The van der Waals surface area contributed by atoms with E-state index in [2.05, 4.69) is 20.1 Å². The molecule has 6 nitrogen and oxygen atoms in total. The van der Waals surface area contributed by atoms with Crippen molar-refractivity contribution < 1.29 is 9.59 Å². The normalized spacial score (nSPS) is 21.6. The van der Waals surface area contributed by atoms with Crippen LogP contribution in [0.25, 0.3) is 0 Å². The third-order valence-electron chi connectivity index (χ3n) is 5.37. The number of rotatable bonds is 6. The zero-order valence-corrected chi connectivity index (χ0v) is 15.4. The molecule has 2 fully saturated rings. The summed E-state index contributed by atoms with van der Waals surface area (Å²) in [4.78, 5) is 24.4. The van der Waals surface area contributed by atoms with Crippen LogP contribution < -0.4 is 5.32 Å². The molecule has 1 aromatic carbocycles. The standard InChI is InChI=1S/C19H20N4O2S/c1-10-14-8-12(4-7-15(14)20-18(10)25)16(24)9-26-19-22-21-17(11-2-3-11)23(19)13-5-6-13/h4,7-8,10-11,13H,2-3,5-6,9H2,1H3,(H,20,25)/t10-/m0/s1. The molecule has 1 amide bonds.